The summed E-state index contributed by atoms with van der Waals surface area (Å²) in [6.07, 6.45) is 2.18. The van der Waals surface area contributed by atoms with E-state index in [4.69, 9.17) is 0 Å². The lowest BCUT2D eigenvalue weighted by atomic mass is 10.1. The van der Waals surface area contributed by atoms with Crippen molar-refractivity contribution in [2.24, 2.45) is 0 Å². The van der Waals surface area contributed by atoms with E-state index in [9.17, 15) is 19.2 Å². The predicted octanol–water partition coefficient (Wildman–Crippen LogP) is 4.25. The maximum absolute atomic E-state index is 12.7. The molecule has 4 amide bonds. The first kappa shape index (κ1) is 24.6. The zero-order valence-corrected chi connectivity index (χ0v) is 20.6. The van der Waals surface area contributed by atoms with Crippen LogP contribution in [0.25, 0.3) is 0 Å². The quantitative estimate of drug-likeness (QED) is 0.294. The second kappa shape index (κ2) is 10.9. The number of benzene rings is 3. The van der Waals surface area contributed by atoms with Crippen molar-refractivity contribution in [3.63, 3.8) is 0 Å². The van der Waals surface area contributed by atoms with E-state index in [0.717, 1.165) is 26.1 Å². The smallest absolute Gasteiger partial charge is 0.261 e. The van der Waals surface area contributed by atoms with Crippen molar-refractivity contribution in [1.29, 1.82) is 0 Å². The molecule has 3 aromatic carbocycles. The van der Waals surface area contributed by atoms with E-state index in [-0.39, 0.29) is 23.6 Å². The molecule has 0 saturated heterocycles. The molecule has 188 valence electrons. The molecule has 7 heteroatoms. The minimum atomic E-state index is -0.226. The summed E-state index contributed by atoms with van der Waals surface area (Å²) >= 11 is 0. The number of imide groups is 2. The third-order valence-corrected chi connectivity index (χ3v) is 6.97. The summed E-state index contributed by atoms with van der Waals surface area (Å²) in [5.41, 5.74) is 3.09. The molecular weight excluding hydrogens is 466 g/mol. The van der Waals surface area contributed by atoms with Crippen molar-refractivity contribution in [2.45, 2.75) is 25.8 Å². The average molecular weight is 496 g/mol. The van der Waals surface area contributed by atoms with Crippen LogP contribution in [0, 0.1) is 0 Å². The Balaban J connectivity index is 1.15. The standard InChI is InChI=1S/C30H29N3O4/c34-27-23-13-4-5-14-24(23)28(35)32(27)19-9-8-17-31(21-22-11-2-1-3-12-22)18-10-20-33-29(36)25-15-6-7-16-26(25)30(33)37/h1-7,11-16H,8-10,17-21H2. The first-order valence-electron chi connectivity index (χ1n) is 12.7. The lowest BCUT2D eigenvalue weighted by Crippen LogP contribution is -2.34. The molecule has 2 aliphatic rings. The number of carbonyl (C=O) groups is 4. The van der Waals surface area contributed by atoms with Gasteiger partial charge in [-0.2, -0.15) is 0 Å². The minimum absolute atomic E-state index is 0.220. The number of unbranched alkanes of at least 4 members (excludes halogenated alkanes) is 1. The maximum Gasteiger partial charge on any atom is 0.261 e. The van der Waals surface area contributed by atoms with Gasteiger partial charge in [-0.15, -0.1) is 0 Å². The van der Waals surface area contributed by atoms with E-state index in [1.165, 1.54) is 15.4 Å². The van der Waals surface area contributed by atoms with Gasteiger partial charge < -0.3 is 0 Å². The van der Waals surface area contributed by atoms with Crippen LogP contribution in [0.1, 0.15) is 66.3 Å². The summed E-state index contributed by atoms with van der Waals surface area (Å²) in [4.78, 5) is 55.6. The van der Waals surface area contributed by atoms with Gasteiger partial charge in [-0.3, -0.25) is 33.9 Å². The minimum Gasteiger partial charge on any atom is -0.299 e. The molecule has 5 rings (SSSR count). The molecule has 0 N–H and O–H groups in total. The molecule has 0 spiro atoms. The van der Waals surface area contributed by atoms with Crippen molar-refractivity contribution >= 4 is 23.6 Å². The molecule has 37 heavy (non-hydrogen) atoms. The molecule has 0 unspecified atom stereocenters. The Morgan fingerprint density at radius 1 is 0.486 bits per heavy atom. The molecule has 0 saturated carbocycles. The Morgan fingerprint density at radius 2 is 0.892 bits per heavy atom. The number of rotatable bonds is 11. The third-order valence-electron chi connectivity index (χ3n) is 6.97. The van der Waals surface area contributed by atoms with Crippen LogP contribution in [0.4, 0.5) is 0 Å². The van der Waals surface area contributed by atoms with E-state index in [2.05, 4.69) is 17.0 Å². The second-order valence-electron chi connectivity index (χ2n) is 9.44. The Hall–Kier alpha value is -4.10. The second-order valence-corrected chi connectivity index (χ2v) is 9.44. The normalized spacial score (nSPS) is 14.6. The number of fused-ring (bicyclic) bond motifs is 2. The number of hydrogen-bond acceptors (Lipinski definition) is 5. The van der Waals surface area contributed by atoms with Gasteiger partial charge in [0.2, 0.25) is 0 Å². The fraction of sp³-hybridized carbons (Fsp3) is 0.267. The highest BCUT2D eigenvalue weighted by Crippen LogP contribution is 2.24. The molecule has 0 aromatic heterocycles. The van der Waals surface area contributed by atoms with Crippen LogP contribution in [0.5, 0.6) is 0 Å². The molecule has 0 aliphatic carbocycles. The third kappa shape index (κ3) is 5.08. The van der Waals surface area contributed by atoms with Crippen molar-refractivity contribution in [3.8, 4) is 0 Å². The maximum atomic E-state index is 12.7. The number of nitrogens with zero attached hydrogens (tertiary/aromatic N) is 3. The first-order chi connectivity index (χ1) is 18.0. The zero-order valence-electron chi connectivity index (χ0n) is 20.6. The molecule has 0 atom stereocenters. The Morgan fingerprint density at radius 3 is 1.38 bits per heavy atom. The molecule has 7 nitrogen and oxygen atoms in total. The van der Waals surface area contributed by atoms with Gasteiger partial charge in [-0.25, -0.2) is 0 Å². The van der Waals surface area contributed by atoms with E-state index in [1.807, 2.05) is 18.2 Å². The van der Waals surface area contributed by atoms with Gasteiger partial charge in [0, 0.05) is 26.2 Å². The van der Waals surface area contributed by atoms with Gasteiger partial charge >= 0.3 is 0 Å². The van der Waals surface area contributed by atoms with Gasteiger partial charge in [-0.05, 0) is 55.6 Å². The first-order valence-corrected chi connectivity index (χ1v) is 12.7. The van der Waals surface area contributed by atoms with Crippen LogP contribution < -0.4 is 0 Å². The summed E-state index contributed by atoms with van der Waals surface area (Å²) in [6, 6.07) is 24.1. The van der Waals surface area contributed by atoms with Crippen LogP contribution in [0.15, 0.2) is 78.9 Å². The molecule has 3 aromatic rings. The number of amides is 4. The van der Waals surface area contributed by atoms with Gasteiger partial charge in [0.1, 0.15) is 0 Å². The van der Waals surface area contributed by atoms with Crippen LogP contribution >= 0.6 is 0 Å². The van der Waals surface area contributed by atoms with Gasteiger partial charge in [-0.1, -0.05) is 54.6 Å². The number of hydrogen-bond donors (Lipinski definition) is 0. The Labute approximate surface area is 216 Å². The zero-order chi connectivity index (χ0) is 25.8. The molecular formula is C30H29N3O4. The van der Waals surface area contributed by atoms with E-state index >= 15 is 0 Å². The van der Waals surface area contributed by atoms with Gasteiger partial charge in [0.05, 0.1) is 22.3 Å². The molecule has 0 radical (unpaired) electrons. The Bertz CT molecular complexity index is 1270. The van der Waals surface area contributed by atoms with Gasteiger partial charge in [0.15, 0.2) is 0 Å². The van der Waals surface area contributed by atoms with Crippen molar-refractivity contribution in [2.75, 3.05) is 26.2 Å². The van der Waals surface area contributed by atoms with Crippen molar-refractivity contribution in [1.82, 2.24) is 14.7 Å². The van der Waals surface area contributed by atoms with E-state index < -0.39 is 0 Å². The predicted molar refractivity (Wildman–Crippen MR) is 139 cm³/mol. The Kier molecular flexibility index (Phi) is 7.23. The SMILES string of the molecule is O=C1c2ccccc2C(=O)N1CCCCN(CCCN1C(=O)c2ccccc2C1=O)Cc1ccccc1. The largest absolute Gasteiger partial charge is 0.299 e. The lowest BCUT2D eigenvalue weighted by molar-refractivity contribution is 0.0628. The monoisotopic (exact) mass is 495 g/mol. The van der Waals surface area contributed by atoms with Crippen LogP contribution in [-0.2, 0) is 6.54 Å². The molecule has 2 aliphatic heterocycles. The van der Waals surface area contributed by atoms with E-state index in [0.29, 0.717) is 48.2 Å². The summed E-state index contributed by atoms with van der Waals surface area (Å²) in [6.45, 7) is 3.00. The highest BCUT2D eigenvalue weighted by atomic mass is 16.2. The summed E-state index contributed by atoms with van der Waals surface area (Å²) in [5.74, 6) is -0.891. The van der Waals surface area contributed by atoms with Crippen molar-refractivity contribution in [3.05, 3.63) is 107 Å². The van der Waals surface area contributed by atoms with Crippen LogP contribution in [0.2, 0.25) is 0 Å². The summed E-state index contributed by atoms with van der Waals surface area (Å²) in [5, 5.41) is 0. The van der Waals surface area contributed by atoms with Gasteiger partial charge in [0.25, 0.3) is 23.6 Å². The van der Waals surface area contributed by atoms with Crippen LogP contribution in [0.3, 0.4) is 0 Å². The fourth-order valence-corrected chi connectivity index (χ4v) is 5.05. The fourth-order valence-electron chi connectivity index (χ4n) is 5.05. The summed E-state index contributed by atoms with van der Waals surface area (Å²) in [7, 11) is 0. The summed E-state index contributed by atoms with van der Waals surface area (Å²) < 4.78 is 0. The molecule has 2 heterocycles. The lowest BCUT2D eigenvalue weighted by Gasteiger charge is -2.24. The molecule has 0 bridgehead atoms. The molecule has 0 fully saturated rings. The topological polar surface area (TPSA) is 78.0 Å². The van der Waals surface area contributed by atoms with Crippen LogP contribution in [-0.4, -0.2) is 64.5 Å². The highest BCUT2D eigenvalue weighted by Gasteiger charge is 2.35. The number of carbonyl (C=O) groups excluding carboxylic acids is 4. The highest BCUT2D eigenvalue weighted by molar-refractivity contribution is 6.22. The average Bonchev–Trinajstić information content (AvgIpc) is 3.32. The van der Waals surface area contributed by atoms with E-state index in [1.54, 1.807) is 48.5 Å². The van der Waals surface area contributed by atoms with Crippen molar-refractivity contribution < 1.29 is 19.2 Å².